The average Bonchev–Trinajstić information content (AvgIpc) is 3.36. The van der Waals surface area contributed by atoms with Crippen LogP contribution in [0, 0.1) is 12.7 Å². The van der Waals surface area contributed by atoms with Crippen molar-refractivity contribution < 1.29 is 9.13 Å². The molecule has 4 heterocycles. The first-order valence-corrected chi connectivity index (χ1v) is 11.3. The van der Waals surface area contributed by atoms with Gasteiger partial charge < -0.3 is 10.1 Å². The van der Waals surface area contributed by atoms with Gasteiger partial charge in [-0.25, -0.2) is 23.4 Å². The van der Waals surface area contributed by atoms with E-state index in [1.165, 1.54) is 39.0 Å². The molecular weight excluding hydrogens is 445 g/mol. The minimum absolute atomic E-state index is 0.0847. The highest BCUT2D eigenvalue weighted by atomic mass is 32.1. The number of ether oxygens (including phenoxy) is 1. The first-order chi connectivity index (χ1) is 16.1. The molecule has 2 N–H and O–H groups in total. The maximum Gasteiger partial charge on any atom is 0.352 e. The van der Waals surface area contributed by atoms with Crippen LogP contribution in [0.2, 0.25) is 0 Å². The van der Waals surface area contributed by atoms with Crippen molar-refractivity contribution in [3.8, 4) is 5.13 Å². The third-order valence-electron chi connectivity index (χ3n) is 5.24. The third kappa shape index (κ3) is 4.85. The van der Waals surface area contributed by atoms with Crippen LogP contribution in [0.4, 0.5) is 10.1 Å². The van der Waals surface area contributed by atoms with Gasteiger partial charge in [0, 0.05) is 31.2 Å². The molecule has 33 heavy (non-hydrogen) atoms. The SMILES string of the molecule is Cc1nc(-n2cnn(CCNc3ccc(F)cc3)c2=O)sc1C1OC1NCc1cccnc1. The first kappa shape index (κ1) is 21.4. The first-order valence-electron chi connectivity index (χ1n) is 10.5. The van der Waals surface area contributed by atoms with Crippen LogP contribution in [0.25, 0.3) is 5.13 Å². The Morgan fingerprint density at radius 3 is 2.88 bits per heavy atom. The fraction of sp³-hybridized carbons (Fsp3) is 0.273. The molecule has 1 aliphatic heterocycles. The molecule has 170 valence electrons. The number of anilines is 1. The van der Waals surface area contributed by atoms with Gasteiger partial charge in [0.05, 0.1) is 17.1 Å². The van der Waals surface area contributed by atoms with Crippen LogP contribution in [-0.4, -0.2) is 37.1 Å². The summed E-state index contributed by atoms with van der Waals surface area (Å²) < 4.78 is 21.6. The smallest absolute Gasteiger partial charge is 0.352 e. The van der Waals surface area contributed by atoms with Gasteiger partial charge in [-0.3, -0.25) is 10.3 Å². The molecule has 2 atom stereocenters. The van der Waals surface area contributed by atoms with Crippen LogP contribution in [0.3, 0.4) is 0 Å². The van der Waals surface area contributed by atoms with E-state index >= 15 is 0 Å². The Morgan fingerprint density at radius 1 is 1.24 bits per heavy atom. The largest absolute Gasteiger partial charge is 0.383 e. The number of thiazole rings is 1. The molecule has 1 aliphatic rings. The molecule has 1 fully saturated rings. The van der Waals surface area contributed by atoms with Gasteiger partial charge in [-0.05, 0) is 42.8 Å². The fourth-order valence-corrected chi connectivity index (χ4v) is 4.54. The minimum Gasteiger partial charge on any atom is -0.383 e. The lowest BCUT2D eigenvalue weighted by Gasteiger charge is -2.05. The zero-order valence-electron chi connectivity index (χ0n) is 17.8. The zero-order chi connectivity index (χ0) is 22.8. The zero-order valence-corrected chi connectivity index (χ0v) is 18.6. The van der Waals surface area contributed by atoms with Crippen LogP contribution in [0.15, 0.2) is 59.9 Å². The summed E-state index contributed by atoms with van der Waals surface area (Å²) in [6.07, 6.45) is 4.87. The second-order valence-corrected chi connectivity index (χ2v) is 8.61. The number of pyridine rings is 1. The lowest BCUT2D eigenvalue weighted by Crippen LogP contribution is -2.26. The number of halogens is 1. The van der Waals surface area contributed by atoms with Crippen molar-refractivity contribution >= 4 is 17.0 Å². The Balaban J connectivity index is 1.20. The van der Waals surface area contributed by atoms with Crippen LogP contribution in [0.5, 0.6) is 0 Å². The van der Waals surface area contributed by atoms with Crippen molar-refractivity contribution in [2.24, 2.45) is 0 Å². The Bertz CT molecular complexity index is 1290. The van der Waals surface area contributed by atoms with Crippen molar-refractivity contribution in [1.82, 2.24) is 29.6 Å². The molecule has 4 aromatic rings. The van der Waals surface area contributed by atoms with Gasteiger partial charge in [-0.2, -0.15) is 5.10 Å². The molecule has 3 aromatic heterocycles. The van der Waals surface area contributed by atoms with Crippen LogP contribution in [0.1, 0.15) is 22.2 Å². The Labute approximate surface area is 192 Å². The quantitative estimate of drug-likeness (QED) is 0.365. The van der Waals surface area contributed by atoms with Gasteiger partial charge in [-0.1, -0.05) is 17.4 Å². The van der Waals surface area contributed by atoms with Crippen molar-refractivity contribution in [2.45, 2.75) is 32.3 Å². The minimum atomic E-state index is -0.291. The molecule has 2 unspecified atom stereocenters. The number of rotatable bonds is 9. The van der Waals surface area contributed by atoms with Crippen LogP contribution in [-0.2, 0) is 17.8 Å². The number of nitrogens with zero attached hydrogens (tertiary/aromatic N) is 5. The average molecular weight is 468 g/mol. The van der Waals surface area contributed by atoms with Gasteiger partial charge >= 0.3 is 5.69 Å². The maximum atomic E-state index is 13.0. The highest BCUT2D eigenvalue weighted by Gasteiger charge is 2.42. The number of aromatic nitrogens is 5. The third-order valence-corrected chi connectivity index (χ3v) is 6.46. The molecule has 5 rings (SSSR count). The summed E-state index contributed by atoms with van der Waals surface area (Å²) in [4.78, 5) is 22.5. The van der Waals surface area contributed by atoms with Crippen molar-refractivity contribution in [1.29, 1.82) is 0 Å². The molecule has 1 saturated heterocycles. The lowest BCUT2D eigenvalue weighted by atomic mass is 10.2. The predicted molar refractivity (Wildman–Crippen MR) is 122 cm³/mol. The molecule has 0 aliphatic carbocycles. The summed E-state index contributed by atoms with van der Waals surface area (Å²) in [5.41, 5.74) is 2.43. The van der Waals surface area contributed by atoms with Crippen LogP contribution < -0.4 is 16.3 Å². The molecular formula is C22H22FN7O2S. The lowest BCUT2D eigenvalue weighted by molar-refractivity contribution is 0.346. The molecule has 11 heteroatoms. The number of epoxide rings is 1. The number of hydrogen-bond acceptors (Lipinski definition) is 8. The fourth-order valence-electron chi connectivity index (χ4n) is 3.44. The van der Waals surface area contributed by atoms with Gasteiger partial charge in [-0.15, -0.1) is 0 Å². The summed E-state index contributed by atoms with van der Waals surface area (Å²) >= 11 is 1.43. The summed E-state index contributed by atoms with van der Waals surface area (Å²) in [6.45, 7) is 3.42. The van der Waals surface area contributed by atoms with Crippen molar-refractivity contribution in [3.63, 3.8) is 0 Å². The Hall–Kier alpha value is -3.41. The van der Waals surface area contributed by atoms with E-state index in [1.807, 2.05) is 25.3 Å². The summed E-state index contributed by atoms with van der Waals surface area (Å²) in [6, 6.07) is 9.97. The molecule has 0 saturated carbocycles. The van der Waals surface area contributed by atoms with E-state index in [2.05, 4.69) is 25.7 Å². The van der Waals surface area contributed by atoms with E-state index in [9.17, 15) is 9.18 Å². The predicted octanol–water partition coefficient (Wildman–Crippen LogP) is 2.63. The van der Waals surface area contributed by atoms with Crippen molar-refractivity contribution in [2.75, 3.05) is 11.9 Å². The molecule has 0 bridgehead atoms. The standard InChI is InChI=1S/C22H22FN7O2S/c1-14-19(18-20(32-18)26-12-15-3-2-8-24-11-15)33-21(28-14)29-13-27-30(22(29)31)10-9-25-17-6-4-16(23)5-7-17/h2-8,11,13,18,20,25-26H,9-10,12H2,1H3. The van der Waals surface area contributed by atoms with Crippen molar-refractivity contribution in [3.05, 3.63) is 87.6 Å². The summed E-state index contributed by atoms with van der Waals surface area (Å²) in [5.74, 6) is -0.291. The highest BCUT2D eigenvalue weighted by molar-refractivity contribution is 7.14. The highest BCUT2D eigenvalue weighted by Crippen LogP contribution is 2.42. The van der Waals surface area contributed by atoms with Gasteiger partial charge in [0.2, 0.25) is 0 Å². The van der Waals surface area contributed by atoms with E-state index in [4.69, 9.17) is 4.74 Å². The molecule has 0 spiro atoms. The van der Waals surface area contributed by atoms with Gasteiger partial charge in [0.25, 0.3) is 0 Å². The Morgan fingerprint density at radius 2 is 2.09 bits per heavy atom. The molecule has 0 radical (unpaired) electrons. The van der Waals surface area contributed by atoms with Crippen LogP contribution >= 0.6 is 11.3 Å². The second-order valence-electron chi connectivity index (χ2n) is 7.61. The molecule has 1 aromatic carbocycles. The maximum absolute atomic E-state index is 13.0. The van der Waals surface area contributed by atoms with E-state index < -0.39 is 0 Å². The molecule has 9 nitrogen and oxygen atoms in total. The van der Waals surface area contributed by atoms with Gasteiger partial charge in [0.15, 0.2) is 5.13 Å². The molecule has 0 amide bonds. The second kappa shape index (κ2) is 9.22. The topological polar surface area (TPSA) is 102 Å². The van der Waals surface area contributed by atoms with E-state index in [-0.39, 0.29) is 23.8 Å². The number of hydrogen-bond donors (Lipinski definition) is 2. The van der Waals surface area contributed by atoms with E-state index in [0.29, 0.717) is 24.8 Å². The van der Waals surface area contributed by atoms with E-state index in [1.54, 1.807) is 18.3 Å². The summed E-state index contributed by atoms with van der Waals surface area (Å²) in [7, 11) is 0. The summed E-state index contributed by atoms with van der Waals surface area (Å²) in [5, 5.41) is 11.3. The van der Waals surface area contributed by atoms with E-state index in [0.717, 1.165) is 21.8 Å². The number of benzene rings is 1. The number of aryl methyl sites for hydroxylation is 1. The van der Waals surface area contributed by atoms with Gasteiger partial charge in [0.1, 0.15) is 24.5 Å². The monoisotopic (exact) mass is 467 g/mol. The number of nitrogens with one attached hydrogen (secondary N) is 2. The Kier molecular flexibility index (Phi) is 5.99. The normalized spacial score (nSPS) is 17.3.